The maximum absolute atomic E-state index is 8.72. The van der Waals surface area contributed by atoms with Crippen LogP contribution in [-0.2, 0) is 6.54 Å². The maximum atomic E-state index is 8.72. The third kappa shape index (κ3) is 5.04. The van der Waals surface area contributed by atoms with Crippen molar-refractivity contribution in [2.24, 2.45) is 0 Å². The van der Waals surface area contributed by atoms with E-state index in [9.17, 15) is 0 Å². The molecule has 0 radical (unpaired) electrons. The second-order valence-electron chi connectivity index (χ2n) is 5.05. The van der Waals surface area contributed by atoms with Crippen molar-refractivity contribution in [3.05, 3.63) is 47.9 Å². The summed E-state index contributed by atoms with van der Waals surface area (Å²) >= 11 is 0. The molecule has 6 nitrogen and oxygen atoms in total. The van der Waals surface area contributed by atoms with Gasteiger partial charge in [-0.2, -0.15) is 5.26 Å². The topological polar surface area (TPSA) is 74.1 Å². The Morgan fingerprint density at radius 1 is 1.27 bits per heavy atom. The lowest BCUT2D eigenvalue weighted by atomic mass is 10.2. The number of nitrogens with zero attached hydrogens (tertiary/aromatic N) is 4. The zero-order valence-corrected chi connectivity index (χ0v) is 12.8. The molecule has 2 aromatic heterocycles. The van der Waals surface area contributed by atoms with E-state index in [1.807, 2.05) is 38.4 Å². The van der Waals surface area contributed by atoms with Gasteiger partial charge in [-0.15, -0.1) is 0 Å². The fraction of sp³-hybridized carbons (Fsp3) is 0.312. The molecular weight excluding hydrogens is 278 g/mol. The molecule has 0 amide bonds. The predicted octanol–water partition coefficient (Wildman–Crippen LogP) is 1.90. The van der Waals surface area contributed by atoms with Crippen LogP contribution in [0.3, 0.4) is 0 Å². The summed E-state index contributed by atoms with van der Waals surface area (Å²) in [7, 11) is 4.01. The highest BCUT2D eigenvalue weighted by molar-refractivity contribution is 5.43. The lowest BCUT2D eigenvalue weighted by Crippen LogP contribution is -2.19. The summed E-state index contributed by atoms with van der Waals surface area (Å²) in [6.45, 7) is 2.09. The van der Waals surface area contributed by atoms with E-state index in [4.69, 9.17) is 10.00 Å². The normalized spacial score (nSPS) is 10.3. The first-order valence-electron chi connectivity index (χ1n) is 7.00. The lowest BCUT2D eigenvalue weighted by molar-refractivity contribution is 0.253. The molecule has 0 spiro atoms. The van der Waals surface area contributed by atoms with Gasteiger partial charge in [0.1, 0.15) is 18.4 Å². The number of hydrogen-bond acceptors (Lipinski definition) is 6. The average molecular weight is 297 g/mol. The maximum Gasteiger partial charge on any atom is 0.213 e. The highest BCUT2D eigenvalue weighted by Crippen LogP contribution is 2.12. The van der Waals surface area contributed by atoms with Crippen molar-refractivity contribution in [1.82, 2.24) is 14.9 Å². The lowest BCUT2D eigenvalue weighted by Gasteiger charge is -2.11. The first-order valence-corrected chi connectivity index (χ1v) is 7.00. The van der Waals surface area contributed by atoms with E-state index in [-0.39, 0.29) is 0 Å². The van der Waals surface area contributed by atoms with E-state index >= 15 is 0 Å². The predicted molar refractivity (Wildman–Crippen MR) is 84.6 cm³/mol. The first-order chi connectivity index (χ1) is 10.7. The third-order valence-electron chi connectivity index (χ3n) is 2.96. The van der Waals surface area contributed by atoms with E-state index in [2.05, 4.69) is 20.2 Å². The molecule has 22 heavy (non-hydrogen) atoms. The van der Waals surface area contributed by atoms with Crippen LogP contribution in [0, 0.1) is 11.3 Å². The largest absolute Gasteiger partial charge is 0.476 e. The summed E-state index contributed by atoms with van der Waals surface area (Å²) < 4.78 is 5.61. The minimum Gasteiger partial charge on any atom is -0.476 e. The molecule has 0 atom stereocenters. The van der Waals surface area contributed by atoms with Crippen LogP contribution in [-0.4, -0.2) is 42.1 Å². The Balaban J connectivity index is 1.88. The number of aromatic nitrogens is 2. The second-order valence-corrected chi connectivity index (χ2v) is 5.05. The van der Waals surface area contributed by atoms with E-state index in [1.54, 1.807) is 18.5 Å². The number of hydrogen-bond donors (Lipinski definition) is 1. The summed E-state index contributed by atoms with van der Waals surface area (Å²) in [6, 6.07) is 9.37. The molecule has 0 aliphatic heterocycles. The quantitative estimate of drug-likeness (QED) is 0.841. The molecule has 2 heterocycles. The molecule has 0 fully saturated rings. The van der Waals surface area contributed by atoms with Crippen molar-refractivity contribution >= 4 is 5.69 Å². The number of anilines is 1. The summed E-state index contributed by atoms with van der Waals surface area (Å²) in [4.78, 5) is 10.3. The van der Waals surface area contributed by atoms with Gasteiger partial charge in [-0.1, -0.05) is 0 Å². The Morgan fingerprint density at radius 3 is 2.82 bits per heavy atom. The molecule has 0 aliphatic carbocycles. The monoisotopic (exact) mass is 297 g/mol. The summed E-state index contributed by atoms with van der Waals surface area (Å²) in [5.41, 5.74) is 2.34. The minimum atomic E-state index is 0.408. The Labute approximate surface area is 130 Å². The number of likely N-dealkylation sites (N-methyl/N-ethyl adjacent to an activating group) is 1. The Hall–Kier alpha value is -2.65. The molecule has 0 saturated carbocycles. The number of ether oxygens (including phenoxy) is 1. The molecule has 0 bridgehead atoms. The van der Waals surface area contributed by atoms with Crippen molar-refractivity contribution in [1.29, 1.82) is 5.26 Å². The van der Waals surface area contributed by atoms with Crippen LogP contribution < -0.4 is 10.1 Å². The molecule has 0 aliphatic rings. The number of nitriles is 1. The molecule has 2 aromatic rings. The average Bonchev–Trinajstić information content (AvgIpc) is 2.53. The van der Waals surface area contributed by atoms with Crippen molar-refractivity contribution in [3.8, 4) is 11.9 Å². The van der Waals surface area contributed by atoms with Gasteiger partial charge < -0.3 is 15.0 Å². The van der Waals surface area contributed by atoms with E-state index in [1.165, 1.54) is 0 Å². The Morgan fingerprint density at radius 2 is 2.14 bits per heavy atom. The van der Waals surface area contributed by atoms with Crippen LogP contribution in [0.5, 0.6) is 5.88 Å². The van der Waals surface area contributed by atoms with Gasteiger partial charge >= 0.3 is 0 Å². The smallest absolute Gasteiger partial charge is 0.213 e. The standard InChI is InChI=1S/C16H19N5O/c1-21(2)7-8-22-16-9-13(5-6-18-16)11-19-15-4-3-14(10-17)20-12-15/h3-6,9,12,19H,7-8,11H2,1-2H3. The van der Waals surface area contributed by atoms with Crippen LogP contribution in [0.25, 0.3) is 0 Å². The number of pyridine rings is 2. The second kappa shape index (κ2) is 7.96. The van der Waals surface area contributed by atoms with Crippen LogP contribution in [0.4, 0.5) is 5.69 Å². The van der Waals surface area contributed by atoms with Crippen LogP contribution >= 0.6 is 0 Å². The third-order valence-corrected chi connectivity index (χ3v) is 2.96. The van der Waals surface area contributed by atoms with Gasteiger partial charge in [0, 0.05) is 25.4 Å². The van der Waals surface area contributed by atoms with Gasteiger partial charge in [0.05, 0.1) is 11.9 Å². The molecule has 0 saturated heterocycles. The van der Waals surface area contributed by atoms with Gasteiger partial charge in [0.25, 0.3) is 0 Å². The van der Waals surface area contributed by atoms with Gasteiger partial charge in [0.2, 0.25) is 5.88 Å². The minimum absolute atomic E-state index is 0.408. The highest BCUT2D eigenvalue weighted by atomic mass is 16.5. The fourth-order valence-electron chi connectivity index (χ4n) is 1.74. The zero-order chi connectivity index (χ0) is 15.8. The van der Waals surface area contributed by atoms with Crippen LogP contribution in [0.2, 0.25) is 0 Å². The first kappa shape index (κ1) is 15.7. The highest BCUT2D eigenvalue weighted by Gasteiger charge is 2.00. The van der Waals surface area contributed by atoms with Crippen molar-refractivity contribution in [2.45, 2.75) is 6.54 Å². The van der Waals surface area contributed by atoms with E-state index < -0.39 is 0 Å². The summed E-state index contributed by atoms with van der Waals surface area (Å²) in [5.74, 6) is 0.624. The molecule has 0 unspecified atom stereocenters. The Bertz CT molecular complexity index is 634. The molecule has 2 rings (SSSR count). The number of rotatable bonds is 7. The number of nitrogens with one attached hydrogen (secondary N) is 1. The molecule has 6 heteroatoms. The van der Waals surface area contributed by atoms with Crippen molar-refractivity contribution in [3.63, 3.8) is 0 Å². The van der Waals surface area contributed by atoms with Gasteiger partial charge in [-0.05, 0) is 37.9 Å². The summed E-state index contributed by atoms with van der Waals surface area (Å²) in [5, 5.41) is 12.0. The van der Waals surface area contributed by atoms with Gasteiger partial charge in [-0.25, -0.2) is 9.97 Å². The zero-order valence-electron chi connectivity index (χ0n) is 12.8. The van der Waals surface area contributed by atoms with Crippen molar-refractivity contribution in [2.75, 3.05) is 32.6 Å². The molecular formula is C16H19N5O. The van der Waals surface area contributed by atoms with Gasteiger partial charge in [-0.3, -0.25) is 0 Å². The van der Waals surface area contributed by atoms with Crippen molar-refractivity contribution < 1.29 is 4.74 Å². The van der Waals surface area contributed by atoms with Crippen LogP contribution in [0.15, 0.2) is 36.7 Å². The van der Waals surface area contributed by atoms with Gasteiger partial charge in [0.15, 0.2) is 0 Å². The fourth-order valence-corrected chi connectivity index (χ4v) is 1.74. The van der Waals surface area contributed by atoms with E-state index in [0.29, 0.717) is 24.7 Å². The Kier molecular flexibility index (Phi) is 5.69. The molecule has 114 valence electrons. The van der Waals surface area contributed by atoms with E-state index in [0.717, 1.165) is 17.8 Å². The molecule has 0 aromatic carbocycles. The van der Waals surface area contributed by atoms with Crippen LogP contribution in [0.1, 0.15) is 11.3 Å². The summed E-state index contributed by atoms with van der Waals surface area (Å²) in [6.07, 6.45) is 3.38. The molecule has 1 N–H and O–H groups in total. The SMILES string of the molecule is CN(C)CCOc1cc(CNc2ccc(C#N)nc2)ccn1.